The maximum Gasteiger partial charge on any atom is 0.249 e. The molecular formula is C23H32N2O2. The lowest BCUT2D eigenvalue weighted by Crippen LogP contribution is -2.58. The summed E-state index contributed by atoms with van der Waals surface area (Å²) in [5.74, 6) is 2.33. The van der Waals surface area contributed by atoms with E-state index in [-0.39, 0.29) is 23.1 Å². The predicted octanol–water partition coefficient (Wildman–Crippen LogP) is 4.01. The first-order chi connectivity index (χ1) is 12.9. The van der Waals surface area contributed by atoms with Crippen molar-refractivity contribution >= 4 is 17.5 Å². The molecule has 2 amide bonds. The molecule has 1 aromatic rings. The third-order valence-electron chi connectivity index (χ3n) is 7.21. The Labute approximate surface area is 162 Å². The van der Waals surface area contributed by atoms with Gasteiger partial charge in [-0.2, -0.15) is 0 Å². The molecule has 4 heteroatoms. The molecule has 4 saturated carbocycles. The van der Waals surface area contributed by atoms with E-state index in [1.54, 1.807) is 11.9 Å². The fourth-order valence-electron chi connectivity index (χ4n) is 6.18. The number of para-hydroxylation sites is 1. The Morgan fingerprint density at radius 3 is 2.00 bits per heavy atom. The second-order valence-electron chi connectivity index (χ2n) is 9.63. The molecule has 0 aromatic heterocycles. The molecule has 4 nitrogen and oxygen atoms in total. The van der Waals surface area contributed by atoms with Gasteiger partial charge in [0.25, 0.3) is 0 Å². The lowest BCUT2D eigenvalue weighted by Gasteiger charge is -2.56. The summed E-state index contributed by atoms with van der Waals surface area (Å²) in [7, 11) is 1.80. The van der Waals surface area contributed by atoms with Gasteiger partial charge in [-0.15, -0.1) is 0 Å². The van der Waals surface area contributed by atoms with Crippen LogP contribution in [0.5, 0.6) is 0 Å². The van der Waals surface area contributed by atoms with Gasteiger partial charge in [-0.05, 0) is 74.3 Å². The summed E-state index contributed by atoms with van der Waals surface area (Å²) in [5.41, 5.74) is 0.644. The number of benzene rings is 1. The Morgan fingerprint density at radius 2 is 1.52 bits per heavy atom. The zero-order valence-electron chi connectivity index (χ0n) is 16.8. The second kappa shape index (κ2) is 6.96. The highest BCUT2D eigenvalue weighted by atomic mass is 16.2. The molecule has 4 aliphatic rings. The molecule has 1 atom stereocenters. The van der Waals surface area contributed by atoms with Crippen LogP contribution in [0.25, 0.3) is 0 Å². The van der Waals surface area contributed by atoms with Crippen LogP contribution in [0.2, 0.25) is 0 Å². The van der Waals surface area contributed by atoms with Crippen LogP contribution in [0, 0.1) is 29.1 Å². The van der Waals surface area contributed by atoms with Crippen molar-refractivity contribution in [1.29, 1.82) is 0 Å². The van der Waals surface area contributed by atoms with Crippen LogP contribution in [0.1, 0.15) is 52.4 Å². The molecule has 4 fully saturated rings. The lowest BCUT2D eigenvalue weighted by atomic mass is 9.49. The van der Waals surface area contributed by atoms with Crippen LogP contribution in [0.15, 0.2) is 30.3 Å². The highest BCUT2D eigenvalue weighted by molar-refractivity contribution is 5.99. The number of anilines is 1. The zero-order valence-corrected chi connectivity index (χ0v) is 16.8. The van der Waals surface area contributed by atoms with Crippen molar-refractivity contribution in [3.8, 4) is 0 Å². The molecule has 0 unspecified atom stereocenters. The molecule has 4 bridgehead atoms. The van der Waals surface area contributed by atoms with E-state index in [1.165, 1.54) is 19.3 Å². The fraction of sp³-hybridized carbons (Fsp3) is 0.652. The van der Waals surface area contributed by atoms with Gasteiger partial charge >= 0.3 is 0 Å². The van der Waals surface area contributed by atoms with E-state index in [2.05, 4.69) is 5.32 Å². The maximum atomic E-state index is 13.4. The molecule has 0 saturated heterocycles. The topological polar surface area (TPSA) is 49.4 Å². The van der Waals surface area contributed by atoms with E-state index >= 15 is 0 Å². The van der Waals surface area contributed by atoms with Crippen LogP contribution >= 0.6 is 0 Å². The summed E-state index contributed by atoms with van der Waals surface area (Å²) >= 11 is 0. The smallest absolute Gasteiger partial charge is 0.249 e. The molecule has 0 heterocycles. The van der Waals surface area contributed by atoms with Crippen molar-refractivity contribution in [2.24, 2.45) is 29.1 Å². The lowest BCUT2D eigenvalue weighted by molar-refractivity contribution is -0.148. The summed E-state index contributed by atoms with van der Waals surface area (Å²) < 4.78 is 0. The average Bonchev–Trinajstić information content (AvgIpc) is 2.64. The third-order valence-corrected chi connectivity index (χ3v) is 7.21. The van der Waals surface area contributed by atoms with Gasteiger partial charge in [-0.1, -0.05) is 32.0 Å². The maximum absolute atomic E-state index is 13.4. The molecule has 4 aliphatic carbocycles. The van der Waals surface area contributed by atoms with Gasteiger partial charge in [-0.3, -0.25) is 9.59 Å². The van der Waals surface area contributed by atoms with E-state index in [0.29, 0.717) is 0 Å². The molecule has 1 aromatic carbocycles. The molecule has 0 spiro atoms. The van der Waals surface area contributed by atoms with Crippen molar-refractivity contribution in [1.82, 2.24) is 5.32 Å². The van der Waals surface area contributed by atoms with E-state index < -0.39 is 6.04 Å². The molecule has 146 valence electrons. The summed E-state index contributed by atoms with van der Waals surface area (Å²) in [6, 6.07) is 9.17. The summed E-state index contributed by atoms with van der Waals surface area (Å²) in [4.78, 5) is 28.2. The number of likely N-dealkylation sites (N-methyl/N-ethyl adjacent to an activating group) is 1. The number of amides is 2. The molecule has 0 aliphatic heterocycles. The van der Waals surface area contributed by atoms with Gasteiger partial charge in [0.2, 0.25) is 11.8 Å². The molecular weight excluding hydrogens is 336 g/mol. The Kier molecular flexibility index (Phi) is 4.77. The molecule has 1 N–H and O–H groups in total. The first kappa shape index (κ1) is 18.5. The van der Waals surface area contributed by atoms with Crippen LogP contribution in [0.4, 0.5) is 5.69 Å². The first-order valence-corrected chi connectivity index (χ1v) is 10.5. The van der Waals surface area contributed by atoms with Crippen LogP contribution in [0.3, 0.4) is 0 Å². The van der Waals surface area contributed by atoms with Gasteiger partial charge in [0.05, 0.1) is 0 Å². The van der Waals surface area contributed by atoms with Gasteiger partial charge in [0.1, 0.15) is 6.04 Å². The Hall–Kier alpha value is -1.84. The van der Waals surface area contributed by atoms with Gasteiger partial charge in [0, 0.05) is 18.2 Å². The van der Waals surface area contributed by atoms with Crippen LogP contribution in [-0.2, 0) is 9.59 Å². The Balaban J connectivity index is 1.50. The van der Waals surface area contributed by atoms with Crippen molar-refractivity contribution in [2.45, 2.75) is 58.4 Å². The van der Waals surface area contributed by atoms with Crippen molar-refractivity contribution in [3.05, 3.63) is 30.3 Å². The highest BCUT2D eigenvalue weighted by Gasteiger charge is 2.55. The number of carbonyl (C=O) groups excluding carboxylic acids is 2. The zero-order chi connectivity index (χ0) is 19.2. The highest BCUT2D eigenvalue weighted by Crippen LogP contribution is 2.60. The van der Waals surface area contributed by atoms with E-state index in [9.17, 15) is 9.59 Å². The SMILES string of the molecule is CC(C)[C@@H](NC(=O)C12CC3CC(CC(C3)C1)C2)C(=O)N(C)c1ccccc1. The number of carbonyl (C=O) groups is 2. The Morgan fingerprint density at radius 1 is 1.00 bits per heavy atom. The van der Waals surface area contributed by atoms with Crippen LogP contribution in [-0.4, -0.2) is 24.9 Å². The summed E-state index contributed by atoms with van der Waals surface area (Å²) in [5, 5.41) is 3.19. The van der Waals surface area contributed by atoms with Crippen molar-refractivity contribution < 1.29 is 9.59 Å². The average molecular weight is 369 g/mol. The number of hydrogen-bond donors (Lipinski definition) is 1. The molecule has 27 heavy (non-hydrogen) atoms. The number of rotatable bonds is 5. The summed E-state index contributed by atoms with van der Waals surface area (Å²) in [6.45, 7) is 4.03. The van der Waals surface area contributed by atoms with Crippen LogP contribution < -0.4 is 10.2 Å². The minimum absolute atomic E-state index is 0.0331. The molecule has 0 radical (unpaired) electrons. The van der Waals surface area contributed by atoms with E-state index in [4.69, 9.17) is 0 Å². The number of nitrogens with zero attached hydrogens (tertiary/aromatic N) is 1. The monoisotopic (exact) mass is 368 g/mol. The van der Waals surface area contributed by atoms with Gasteiger partial charge < -0.3 is 10.2 Å². The standard InChI is InChI=1S/C23H32N2O2/c1-15(2)20(21(26)25(3)19-7-5-4-6-8-19)24-22(27)23-12-16-9-17(13-23)11-18(10-16)14-23/h4-8,15-18,20H,9-14H2,1-3H3,(H,24,27)/t16?,17?,18?,20-,23?/m1/s1. The largest absolute Gasteiger partial charge is 0.344 e. The minimum Gasteiger partial charge on any atom is -0.344 e. The number of nitrogens with one attached hydrogen (secondary N) is 1. The van der Waals surface area contributed by atoms with Gasteiger partial charge in [-0.25, -0.2) is 0 Å². The minimum atomic E-state index is -0.476. The van der Waals surface area contributed by atoms with Gasteiger partial charge in [0.15, 0.2) is 0 Å². The number of hydrogen-bond acceptors (Lipinski definition) is 2. The van der Waals surface area contributed by atoms with Crippen molar-refractivity contribution in [3.63, 3.8) is 0 Å². The normalized spacial score (nSPS) is 32.4. The first-order valence-electron chi connectivity index (χ1n) is 10.5. The fourth-order valence-corrected chi connectivity index (χ4v) is 6.18. The van der Waals surface area contributed by atoms with Crippen molar-refractivity contribution in [2.75, 3.05) is 11.9 Å². The third kappa shape index (κ3) is 3.39. The molecule has 5 rings (SSSR count). The van der Waals surface area contributed by atoms with E-state index in [1.807, 2.05) is 44.2 Å². The quantitative estimate of drug-likeness (QED) is 0.854. The Bertz CT molecular complexity index is 677. The van der Waals surface area contributed by atoms with E-state index in [0.717, 1.165) is 42.7 Å². The predicted molar refractivity (Wildman–Crippen MR) is 107 cm³/mol. The second-order valence-corrected chi connectivity index (χ2v) is 9.63. The summed E-state index contributed by atoms with van der Waals surface area (Å²) in [6.07, 6.45) is 7.02.